The summed E-state index contributed by atoms with van der Waals surface area (Å²) in [6.07, 6.45) is 3.66. The van der Waals surface area contributed by atoms with E-state index in [4.69, 9.17) is 0 Å². The summed E-state index contributed by atoms with van der Waals surface area (Å²) in [7, 11) is 2.01. The smallest absolute Gasteiger partial charge is 0.0781 e. The first kappa shape index (κ1) is 11.7. The van der Waals surface area contributed by atoms with Crippen LogP contribution >= 0.6 is 0 Å². The van der Waals surface area contributed by atoms with Crippen molar-refractivity contribution in [2.75, 3.05) is 5.32 Å². The van der Waals surface area contributed by atoms with E-state index >= 15 is 0 Å². The van der Waals surface area contributed by atoms with Crippen molar-refractivity contribution < 1.29 is 5.11 Å². The van der Waals surface area contributed by atoms with Gasteiger partial charge in [0.15, 0.2) is 0 Å². The monoisotopic (exact) mass is 230 g/mol. The van der Waals surface area contributed by atoms with Gasteiger partial charge in [-0.1, -0.05) is 18.2 Å². The Morgan fingerprint density at radius 2 is 2.06 bits per heavy atom. The van der Waals surface area contributed by atoms with Crippen molar-refractivity contribution in [1.29, 1.82) is 0 Å². The van der Waals surface area contributed by atoms with Crippen LogP contribution in [0.1, 0.15) is 24.2 Å². The number of anilines is 1. The Morgan fingerprint density at radius 1 is 1.29 bits per heavy atom. The molecule has 1 aromatic heterocycles. The Hall–Kier alpha value is -1.74. The summed E-state index contributed by atoms with van der Waals surface area (Å²) in [6.45, 7) is 2.55. The number of aromatic nitrogens is 1. The van der Waals surface area contributed by atoms with E-state index < -0.39 is 6.10 Å². The number of rotatable bonds is 4. The van der Waals surface area contributed by atoms with Gasteiger partial charge in [-0.3, -0.25) is 0 Å². The second kappa shape index (κ2) is 5.06. The largest absolute Gasteiger partial charge is 0.389 e. The van der Waals surface area contributed by atoms with Crippen molar-refractivity contribution in [3.8, 4) is 0 Å². The van der Waals surface area contributed by atoms with E-state index in [2.05, 4.69) is 17.6 Å². The summed E-state index contributed by atoms with van der Waals surface area (Å²) in [5, 5.41) is 13.0. The lowest BCUT2D eigenvalue weighted by Gasteiger charge is -2.13. The van der Waals surface area contributed by atoms with Crippen molar-refractivity contribution in [3.05, 3.63) is 53.9 Å². The minimum absolute atomic E-state index is 0.450. The number of hydrogen-bond acceptors (Lipinski definition) is 2. The van der Waals surface area contributed by atoms with Crippen molar-refractivity contribution in [3.63, 3.8) is 0 Å². The van der Waals surface area contributed by atoms with E-state index in [1.807, 2.05) is 42.1 Å². The van der Waals surface area contributed by atoms with Crippen molar-refractivity contribution in [1.82, 2.24) is 4.57 Å². The maximum Gasteiger partial charge on any atom is 0.0781 e. The predicted molar refractivity (Wildman–Crippen MR) is 69.8 cm³/mol. The minimum Gasteiger partial charge on any atom is -0.389 e. The topological polar surface area (TPSA) is 37.2 Å². The number of aryl methyl sites for hydroxylation is 1. The number of aliphatic hydroxyl groups is 1. The van der Waals surface area contributed by atoms with E-state index in [0.717, 1.165) is 17.8 Å². The van der Waals surface area contributed by atoms with Crippen molar-refractivity contribution in [2.45, 2.75) is 19.6 Å². The van der Waals surface area contributed by atoms with Crippen LogP contribution in [-0.4, -0.2) is 9.67 Å². The molecule has 2 aromatic rings. The molecule has 0 aliphatic rings. The lowest BCUT2D eigenvalue weighted by Crippen LogP contribution is -2.03. The zero-order valence-electron chi connectivity index (χ0n) is 10.2. The lowest BCUT2D eigenvalue weighted by molar-refractivity contribution is 0.200. The standard InChI is InChI=1S/C14H18N2O/c1-11(17)13-5-3-4-6-14(13)15-9-12-7-8-16(2)10-12/h3-8,10-11,15,17H,9H2,1-2H3. The number of nitrogens with zero attached hydrogens (tertiary/aromatic N) is 1. The van der Waals surface area contributed by atoms with Gasteiger partial charge in [0, 0.05) is 37.2 Å². The van der Waals surface area contributed by atoms with Crippen LogP contribution in [0.15, 0.2) is 42.7 Å². The molecule has 0 aliphatic heterocycles. The fraction of sp³-hybridized carbons (Fsp3) is 0.286. The molecule has 0 spiro atoms. The molecule has 1 heterocycles. The highest BCUT2D eigenvalue weighted by atomic mass is 16.3. The molecule has 3 nitrogen and oxygen atoms in total. The average Bonchev–Trinajstić information content (AvgIpc) is 2.73. The Balaban J connectivity index is 2.08. The second-order valence-corrected chi connectivity index (χ2v) is 4.30. The molecule has 17 heavy (non-hydrogen) atoms. The van der Waals surface area contributed by atoms with Gasteiger partial charge in [0.05, 0.1) is 6.10 Å². The van der Waals surface area contributed by atoms with Gasteiger partial charge in [-0.2, -0.15) is 0 Å². The zero-order valence-corrected chi connectivity index (χ0v) is 10.2. The summed E-state index contributed by atoms with van der Waals surface area (Å²) in [5.74, 6) is 0. The van der Waals surface area contributed by atoms with Gasteiger partial charge in [0.25, 0.3) is 0 Å². The summed E-state index contributed by atoms with van der Waals surface area (Å²) < 4.78 is 2.03. The second-order valence-electron chi connectivity index (χ2n) is 4.30. The van der Waals surface area contributed by atoms with Gasteiger partial charge in [-0.25, -0.2) is 0 Å². The van der Waals surface area contributed by atoms with Crippen LogP contribution in [0.3, 0.4) is 0 Å². The molecule has 0 saturated carbocycles. The van der Waals surface area contributed by atoms with E-state index in [-0.39, 0.29) is 0 Å². The van der Waals surface area contributed by atoms with Gasteiger partial charge >= 0.3 is 0 Å². The number of benzene rings is 1. The molecule has 3 heteroatoms. The van der Waals surface area contributed by atoms with E-state index in [1.165, 1.54) is 5.56 Å². The zero-order chi connectivity index (χ0) is 12.3. The van der Waals surface area contributed by atoms with Crippen LogP contribution in [0.2, 0.25) is 0 Å². The molecule has 0 aliphatic carbocycles. The number of nitrogens with one attached hydrogen (secondary N) is 1. The van der Waals surface area contributed by atoms with Crippen LogP contribution in [0, 0.1) is 0 Å². The Morgan fingerprint density at radius 3 is 2.71 bits per heavy atom. The Bertz CT molecular complexity index is 488. The lowest BCUT2D eigenvalue weighted by atomic mass is 10.1. The molecule has 2 N–H and O–H groups in total. The molecule has 0 bridgehead atoms. The first-order valence-electron chi connectivity index (χ1n) is 5.78. The molecule has 0 radical (unpaired) electrons. The third-order valence-electron chi connectivity index (χ3n) is 2.79. The van der Waals surface area contributed by atoms with Gasteiger partial charge in [-0.15, -0.1) is 0 Å². The van der Waals surface area contributed by atoms with Crippen LogP contribution in [0.25, 0.3) is 0 Å². The molecule has 1 aromatic carbocycles. The third-order valence-corrected chi connectivity index (χ3v) is 2.79. The fourth-order valence-electron chi connectivity index (χ4n) is 1.89. The first-order valence-corrected chi connectivity index (χ1v) is 5.78. The highest BCUT2D eigenvalue weighted by Crippen LogP contribution is 2.22. The van der Waals surface area contributed by atoms with Crippen LogP contribution < -0.4 is 5.32 Å². The number of hydrogen-bond donors (Lipinski definition) is 2. The van der Waals surface area contributed by atoms with Crippen molar-refractivity contribution in [2.24, 2.45) is 7.05 Å². The molecule has 90 valence electrons. The highest BCUT2D eigenvalue weighted by molar-refractivity contribution is 5.52. The highest BCUT2D eigenvalue weighted by Gasteiger charge is 2.06. The predicted octanol–water partition coefficient (Wildman–Crippen LogP) is 2.69. The normalized spacial score (nSPS) is 12.4. The van der Waals surface area contributed by atoms with Crippen LogP contribution in [0.4, 0.5) is 5.69 Å². The maximum absolute atomic E-state index is 9.66. The fourth-order valence-corrected chi connectivity index (χ4v) is 1.89. The van der Waals surface area contributed by atoms with E-state index in [1.54, 1.807) is 6.92 Å². The molecule has 2 rings (SSSR count). The first-order chi connectivity index (χ1) is 8.16. The molecule has 0 saturated heterocycles. The molecular formula is C14H18N2O. The Kier molecular flexibility index (Phi) is 3.49. The average molecular weight is 230 g/mol. The number of aliphatic hydroxyl groups excluding tert-OH is 1. The van der Waals surface area contributed by atoms with Crippen LogP contribution in [0.5, 0.6) is 0 Å². The minimum atomic E-state index is -0.450. The van der Waals surface area contributed by atoms with Crippen molar-refractivity contribution >= 4 is 5.69 Å². The summed E-state index contributed by atoms with van der Waals surface area (Å²) >= 11 is 0. The Labute approximate surface area is 102 Å². The third kappa shape index (κ3) is 2.88. The van der Waals surface area contributed by atoms with Crippen LogP contribution in [-0.2, 0) is 13.6 Å². The van der Waals surface area contributed by atoms with Gasteiger partial charge in [0.1, 0.15) is 0 Å². The van der Waals surface area contributed by atoms with E-state index in [0.29, 0.717) is 0 Å². The summed E-state index contributed by atoms with van der Waals surface area (Å²) in [4.78, 5) is 0. The molecule has 0 amide bonds. The molecule has 0 fully saturated rings. The number of para-hydroxylation sites is 1. The van der Waals surface area contributed by atoms with E-state index in [9.17, 15) is 5.11 Å². The maximum atomic E-state index is 9.66. The summed E-state index contributed by atoms with van der Waals surface area (Å²) in [6, 6.07) is 9.93. The van der Waals surface area contributed by atoms with Gasteiger partial charge < -0.3 is 15.0 Å². The molecular weight excluding hydrogens is 212 g/mol. The SMILES string of the molecule is CC(O)c1ccccc1NCc1ccn(C)c1. The van der Waals surface area contributed by atoms with Gasteiger partial charge in [-0.05, 0) is 24.6 Å². The quantitative estimate of drug-likeness (QED) is 0.847. The van der Waals surface area contributed by atoms with Gasteiger partial charge in [0.2, 0.25) is 0 Å². The molecule has 1 atom stereocenters. The summed E-state index contributed by atoms with van der Waals surface area (Å²) in [5.41, 5.74) is 3.16. The molecule has 1 unspecified atom stereocenters.